The Kier molecular flexibility index (Phi) is 7.18. The van der Waals surface area contributed by atoms with Crippen molar-refractivity contribution in [3.8, 4) is 0 Å². The lowest BCUT2D eigenvalue weighted by Gasteiger charge is -2.47. The summed E-state index contributed by atoms with van der Waals surface area (Å²) >= 11 is 6.19. The van der Waals surface area contributed by atoms with Crippen molar-refractivity contribution in [3.63, 3.8) is 0 Å². The van der Waals surface area contributed by atoms with E-state index in [2.05, 4.69) is 35.2 Å². The number of anilines is 1. The number of imidazole rings is 1. The van der Waals surface area contributed by atoms with Crippen LogP contribution in [0.15, 0.2) is 6.33 Å². The standard InChI is InChI=1S/C17H27ClN8O8P2/c18-17-22-14(21-10-6-24-1-3-25(10)4-2-24)11-15(23-17)26(7-19-11)16-13(28)12(27)9(34-16)5-20-35(29,30)8-36(31,32)33/h7,9-10,12-13,16,27-28H,1-6,8H2,(H2,20,29,30)(H,21,22,23)(H2,31,32,33). The maximum Gasteiger partial charge on any atom is 0.336 e. The summed E-state index contributed by atoms with van der Waals surface area (Å²) in [5, 5.41) is 26.5. The number of aromatic nitrogens is 4. The Morgan fingerprint density at radius 2 is 1.83 bits per heavy atom. The van der Waals surface area contributed by atoms with E-state index in [9.17, 15) is 24.2 Å². The van der Waals surface area contributed by atoms with Gasteiger partial charge in [0.25, 0.3) is 7.52 Å². The second-order valence-corrected chi connectivity index (χ2v) is 13.6. The molecular formula is C17H27ClN8O8P2. The quantitative estimate of drug-likeness (QED) is 0.140. The smallest absolute Gasteiger partial charge is 0.336 e. The molecule has 2 aromatic heterocycles. The van der Waals surface area contributed by atoms with E-state index in [4.69, 9.17) is 26.1 Å². The average Bonchev–Trinajstić information content (AvgIpc) is 3.33. The lowest BCUT2D eigenvalue weighted by atomic mass is 10.1. The fraction of sp³-hybridized carbons (Fsp3) is 0.706. The second kappa shape index (κ2) is 9.80. The van der Waals surface area contributed by atoms with Crippen LogP contribution in [0.2, 0.25) is 5.28 Å². The van der Waals surface area contributed by atoms with Gasteiger partial charge in [0.15, 0.2) is 23.2 Å². The molecule has 6 unspecified atom stereocenters. The summed E-state index contributed by atoms with van der Waals surface area (Å²) in [6.07, 6.45) is -3.92. The highest BCUT2D eigenvalue weighted by molar-refractivity contribution is 7.71. The number of halogens is 1. The van der Waals surface area contributed by atoms with Gasteiger partial charge in [0.05, 0.1) is 12.5 Å². The summed E-state index contributed by atoms with van der Waals surface area (Å²) in [6, 6.07) is 0. The van der Waals surface area contributed by atoms with Crippen molar-refractivity contribution in [3.05, 3.63) is 11.6 Å². The third kappa shape index (κ3) is 5.46. The summed E-state index contributed by atoms with van der Waals surface area (Å²) in [5.41, 5.74) is 0.623. The molecule has 0 saturated carbocycles. The van der Waals surface area contributed by atoms with Crippen LogP contribution in [-0.4, -0.2) is 124 Å². The Labute approximate surface area is 209 Å². The molecule has 4 aliphatic heterocycles. The van der Waals surface area contributed by atoms with E-state index in [1.54, 1.807) is 0 Å². The van der Waals surface area contributed by atoms with Gasteiger partial charge in [-0.2, -0.15) is 9.97 Å². The van der Waals surface area contributed by atoms with Gasteiger partial charge in [-0.1, -0.05) is 0 Å². The van der Waals surface area contributed by atoms with Crippen LogP contribution in [0.3, 0.4) is 0 Å². The van der Waals surface area contributed by atoms with Gasteiger partial charge in [-0.3, -0.25) is 23.5 Å². The number of piperazine rings is 3. The molecule has 4 saturated heterocycles. The van der Waals surface area contributed by atoms with Crippen LogP contribution in [0.25, 0.3) is 11.2 Å². The van der Waals surface area contributed by atoms with Crippen LogP contribution < -0.4 is 10.4 Å². The number of hydrogen-bond donors (Lipinski definition) is 7. The first-order chi connectivity index (χ1) is 16.9. The maximum atomic E-state index is 12.0. The fourth-order valence-corrected chi connectivity index (χ4v) is 7.78. The number of aliphatic hydroxyl groups excluding tert-OH is 2. The highest BCUT2D eigenvalue weighted by Gasteiger charge is 2.45. The predicted molar refractivity (Wildman–Crippen MR) is 126 cm³/mol. The van der Waals surface area contributed by atoms with Crippen molar-refractivity contribution in [1.82, 2.24) is 34.4 Å². The minimum atomic E-state index is -4.76. The van der Waals surface area contributed by atoms with Crippen LogP contribution in [0.5, 0.6) is 0 Å². The molecule has 6 rings (SSSR count). The van der Waals surface area contributed by atoms with Gasteiger partial charge < -0.3 is 34.9 Å². The van der Waals surface area contributed by atoms with E-state index in [1.165, 1.54) is 10.9 Å². The molecule has 36 heavy (non-hydrogen) atoms. The Morgan fingerprint density at radius 3 is 2.47 bits per heavy atom. The van der Waals surface area contributed by atoms with Gasteiger partial charge in [0.1, 0.15) is 24.2 Å². The molecule has 0 spiro atoms. The van der Waals surface area contributed by atoms with Crippen molar-refractivity contribution in [2.24, 2.45) is 0 Å². The first-order valence-corrected chi connectivity index (χ1v) is 15.2. The highest BCUT2D eigenvalue weighted by atomic mass is 35.5. The van der Waals surface area contributed by atoms with E-state index in [-0.39, 0.29) is 17.1 Å². The van der Waals surface area contributed by atoms with Crippen molar-refractivity contribution >= 4 is 43.7 Å². The zero-order valence-corrected chi connectivity index (χ0v) is 21.4. The summed E-state index contributed by atoms with van der Waals surface area (Å²) in [7, 11) is -9.19. The topological polar surface area (TPSA) is 219 Å². The normalized spacial score (nSPS) is 34.2. The Balaban J connectivity index is 1.34. The summed E-state index contributed by atoms with van der Waals surface area (Å²) in [6.45, 7) is 4.23. The molecular weight excluding hydrogens is 542 g/mol. The van der Waals surface area contributed by atoms with Crippen molar-refractivity contribution in [2.45, 2.75) is 30.7 Å². The largest absolute Gasteiger partial charge is 0.387 e. The number of nitrogens with zero attached hydrogens (tertiary/aromatic N) is 6. The van der Waals surface area contributed by atoms with E-state index in [0.29, 0.717) is 11.3 Å². The number of aliphatic hydroxyl groups is 2. The van der Waals surface area contributed by atoms with Crippen LogP contribution >= 0.6 is 26.7 Å². The van der Waals surface area contributed by atoms with Crippen LogP contribution in [0.1, 0.15) is 6.23 Å². The van der Waals surface area contributed by atoms with Crippen LogP contribution in [0.4, 0.5) is 5.82 Å². The molecule has 7 N–H and O–H groups in total. The van der Waals surface area contributed by atoms with E-state index in [0.717, 1.165) is 32.7 Å². The molecule has 16 nitrogen and oxygen atoms in total. The van der Waals surface area contributed by atoms with Gasteiger partial charge in [0.2, 0.25) is 5.28 Å². The molecule has 0 amide bonds. The molecule has 4 aliphatic rings. The summed E-state index contributed by atoms with van der Waals surface area (Å²) in [5.74, 6) is -0.866. The number of hydrogen-bond acceptors (Lipinski definition) is 11. The molecule has 200 valence electrons. The lowest BCUT2D eigenvalue weighted by molar-refractivity contribution is -0.0331. The van der Waals surface area contributed by atoms with Crippen molar-refractivity contribution < 1.29 is 38.8 Å². The summed E-state index contributed by atoms with van der Waals surface area (Å²) in [4.78, 5) is 45.2. The lowest BCUT2D eigenvalue weighted by Crippen LogP contribution is -2.63. The average molecular weight is 569 g/mol. The first-order valence-electron chi connectivity index (χ1n) is 11.2. The third-order valence-electron chi connectivity index (χ3n) is 6.50. The van der Waals surface area contributed by atoms with Gasteiger partial charge in [-0.25, -0.2) is 10.1 Å². The fourth-order valence-electron chi connectivity index (χ4n) is 4.75. The van der Waals surface area contributed by atoms with Gasteiger partial charge in [-0.15, -0.1) is 0 Å². The Bertz CT molecular complexity index is 1220. The molecule has 6 atom stereocenters. The molecule has 2 aromatic rings. The molecule has 0 aliphatic carbocycles. The van der Waals surface area contributed by atoms with Crippen molar-refractivity contribution in [2.75, 3.05) is 50.5 Å². The molecule has 0 radical (unpaired) electrons. The SMILES string of the molecule is O=P(O)(O)CP(=O)(O)NCC1OC(n2cnc3c(NC4CN5CCN4CC5)nc(Cl)nc32)C(O)C1O. The Hall–Kier alpha value is -1.26. The highest BCUT2D eigenvalue weighted by Crippen LogP contribution is 2.52. The third-order valence-corrected chi connectivity index (χ3v) is 10.4. The number of rotatable bonds is 8. The zero-order chi connectivity index (χ0) is 25.8. The van der Waals surface area contributed by atoms with E-state index < -0.39 is 52.1 Å². The summed E-state index contributed by atoms with van der Waals surface area (Å²) < 4.78 is 30.2. The number of ether oxygens (including phenoxy) is 1. The molecule has 19 heteroatoms. The van der Waals surface area contributed by atoms with Crippen LogP contribution in [0, 0.1) is 0 Å². The minimum absolute atomic E-state index is 0.0136. The van der Waals surface area contributed by atoms with Gasteiger partial charge in [-0.05, 0) is 11.6 Å². The Morgan fingerprint density at radius 1 is 1.11 bits per heavy atom. The van der Waals surface area contributed by atoms with E-state index in [1.807, 2.05) is 0 Å². The zero-order valence-electron chi connectivity index (χ0n) is 18.8. The second-order valence-electron chi connectivity index (χ2n) is 9.08. The molecule has 6 heterocycles. The first kappa shape index (κ1) is 26.4. The molecule has 4 fully saturated rings. The number of nitrogens with one attached hydrogen (secondary N) is 2. The predicted octanol–water partition coefficient (Wildman–Crippen LogP) is -1.62. The van der Waals surface area contributed by atoms with E-state index >= 15 is 0 Å². The number of fused-ring (bicyclic) bond motifs is 4. The van der Waals surface area contributed by atoms with Gasteiger partial charge >= 0.3 is 7.60 Å². The minimum Gasteiger partial charge on any atom is -0.387 e. The maximum absolute atomic E-state index is 12.0. The van der Waals surface area contributed by atoms with Crippen LogP contribution in [-0.2, 0) is 13.9 Å². The van der Waals surface area contributed by atoms with Gasteiger partial charge in [0, 0.05) is 39.3 Å². The van der Waals surface area contributed by atoms with Crippen molar-refractivity contribution in [1.29, 1.82) is 0 Å². The monoisotopic (exact) mass is 568 g/mol. The molecule has 2 bridgehead atoms. The molecule has 0 aromatic carbocycles.